The Hall–Kier alpha value is -3.24. The van der Waals surface area contributed by atoms with Crippen LogP contribution in [-0.4, -0.2) is 16.8 Å². The first-order valence-electron chi connectivity index (χ1n) is 8.57. The molecule has 0 saturated carbocycles. The smallest absolute Gasteiger partial charge is 0.244 e. The second-order valence-corrected chi connectivity index (χ2v) is 7.12. The topological polar surface area (TPSA) is 97.0 Å². The molecule has 0 amide bonds. The van der Waals surface area contributed by atoms with E-state index in [1.807, 2.05) is 49.6 Å². The number of hydrogen-bond acceptors (Lipinski definition) is 6. The fourth-order valence-corrected chi connectivity index (χ4v) is 4.34. The molecule has 6 nitrogen and oxygen atoms in total. The largest absolute Gasteiger partial charge is 0.494 e. The standard InChI is InChI=1S/C20H18N4O2S/c1-3-25-13-6-4-12(5-7-13)17-16-15(18-11(2)8-9-27-18)14(10-21)19(22)26-20(16)24-23-17/h4-9,15H,3,22H2,1-2H3,(H,23,24)/t15-/m0/s1. The molecule has 3 aromatic rings. The monoisotopic (exact) mass is 378 g/mol. The number of nitrogens with zero attached hydrogens (tertiary/aromatic N) is 2. The van der Waals surface area contributed by atoms with E-state index in [-0.39, 0.29) is 11.8 Å². The molecule has 1 atom stereocenters. The van der Waals surface area contributed by atoms with E-state index in [1.54, 1.807) is 11.3 Å². The Kier molecular flexibility index (Phi) is 4.34. The Morgan fingerprint density at radius 3 is 2.74 bits per heavy atom. The number of nitriles is 1. The van der Waals surface area contributed by atoms with Gasteiger partial charge in [0.1, 0.15) is 17.4 Å². The summed E-state index contributed by atoms with van der Waals surface area (Å²) in [4.78, 5) is 1.06. The number of aromatic nitrogens is 2. The van der Waals surface area contributed by atoms with Gasteiger partial charge in [0.15, 0.2) is 0 Å². The van der Waals surface area contributed by atoms with Crippen LogP contribution in [0.1, 0.15) is 28.8 Å². The highest BCUT2D eigenvalue weighted by Crippen LogP contribution is 2.47. The maximum atomic E-state index is 9.73. The van der Waals surface area contributed by atoms with Gasteiger partial charge in [-0.25, -0.2) is 0 Å². The normalized spacial score (nSPS) is 15.8. The summed E-state index contributed by atoms with van der Waals surface area (Å²) in [6, 6.07) is 12.0. The zero-order valence-corrected chi connectivity index (χ0v) is 15.8. The third kappa shape index (κ3) is 2.84. The number of thiophene rings is 1. The van der Waals surface area contributed by atoms with Crippen molar-refractivity contribution in [1.82, 2.24) is 10.2 Å². The molecule has 0 fully saturated rings. The summed E-state index contributed by atoms with van der Waals surface area (Å²) in [6.45, 7) is 4.59. The van der Waals surface area contributed by atoms with Crippen LogP contribution in [0, 0.1) is 18.3 Å². The molecule has 0 saturated heterocycles. The molecule has 2 aromatic heterocycles. The van der Waals surface area contributed by atoms with Crippen molar-refractivity contribution in [3.63, 3.8) is 0 Å². The zero-order valence-electron chi connectivity index (χ0n) is 14.9. The van der Waals surface area contributed by atoms with Crippen LogP contribution >= 0.6 is 11.3 Å². The van der Waals surface area contributed by atoms with Crippen molar-refractivity contribution in [2.24, 2.45) is 5.73 Å². The minimum absolute atomic E-state index is 0.104. The van der Waals surface area contributed by atoms with Crippen molar-refractivity contribution in [3.05, 3.63) is 63.2 Å². The van der Waals surface area contributed by atoms with Gasteiger partial charge in [-0.2, -0.15) is 5.26 Å². The molecule has 3 heterocycles. The van der Waals surface area contributed by atoms with Crippen LogP contribution < -0.4 is 15.2 Å². The Balaban J connectivity index is 1.87. The molecule has 1 aliphatic rings. The summed E-state index contributed by atoms with van der Waals surface area (Å²) in [5, 5.41) is 19.1. The Bertz CT molecular complexity index is 1060. The number of ether oxygens (including phenoxy) is 2. The summed E-state index contributed by atoms with van der Waals surface area (Å²) in [5.41, 5.74) is 10.1. The highest BCUT2D eigenvalue weighted by molar-refractivity contribution is 7.10. The Morgan fingerprint density at radius 1 is 1.33 bits per heavy atom. The molecule has 0 unspecified atom stereocenters. The van der Waals surface area contributed by atoms with Crippen LogP contribution in [0.15, 0.2) is 47.2 Å². The number of nitrogens with two attached hydrogens (primary N) is 1. The average molecular weight is 378 g/mol. The third-order valence-corrected chi connectivity index (χ3v) is 5.64. The number of aryl methyl sites for hydroxylation is 1. The van der Waals surface area contributed by atoms with Gasteiger partial charge in [0.25, 0.3) is 0 Å². The van der Waals surface area contributed by atoms with Gasteiger partial charge in [-0.3, -0.25) is 5.10 Å². The molecule has 1 aliphatic heterocycles. The number of benzene rings is 1. The van der Waals surface area contributed by atoms with Gasteiger partial charge in [-0.15, -0.1) is 16.4 Å². The lowest BCUT2D eigenvalue weighted by Crippen LogP contribution is -2.20. The van der Waals surface area contributed by atoms with Crippen LogP contribution in [0.5, 0.6) is 11.6 Å². The summed E-state index contributed by atoms with van der Waals surface area (Å²) < 4.78 is 11.2. The number of allylic oxidation sites excluding steroid dienone is 1. The first-order chi connectivity index (χ1) is 13.1. The number of rotatable bonds is 4. The fourth-order valence-electron chi connectivity index (χ4n) is 3.29. The van der Waals surface area contributed by atoms with Crippen LogP contribution in [0.3, 0.4) is 0 Å². The lowest BCUT2D eigenvalue weighted by atomic mass is 9.86. The molecular weight excluding hydrogens is 360 g/mol. The summed E-state index contributed by atoms with van der Waals surface area (Å²) >= 11 is 1.60. The van der Waals surface area contributed by atoms with Gasteiger partial charge in [0.05, 0.1) is 23.8 Å². The molecule has 3 N–H and O–H groups in total. The number of hydrogen-bond donors (Lipinski definition) is 2. The lowest BCUT2D eigenvalue weighted by molar-refractivity contribution is 0.340. The molecule has 27 heavy (non-hydrogen) atoms. The molecule has 0 bridgehead atoms. The molecule has 0 aliphatic carbocycles. The van der Waals surface area contributed by atoms with Crippen LogP contribution in [-0.2, 0) is 0 Å². The predicted octanol–water partition coefficient (Wildman–Crippen LogP) is 4.06. The average Bonchev–Trinajstić information content (AvgIpc) is 3.27. The highest BCUT2D eigenvalue weighted by atomic mass is 32.1. The SMILES string of the molecule is CCOc1ccc(-c2[nH]nc3c2[C@@H](c2sccc2C)C(C#N)=C(N)O3)cc1. The van der Waals surface area contributed by atoms with E-state index >= 15 is 0 Å². The lowest BCUT2D eigenvalue weighted by Gasteiger charge is -2.23. The predicted molar refractivity (Wildman–Crippen MR) is 104 cm³/mol. The molecule has 7 heteroatoms. The van der Waals surface area contributed by atoms with Crippen molar-refractivity contribution in [2.45, 2.75) is 19.8 Å². The van der Waals surface area contributed by atoms with Crippen molar-refractivity contribution >= 4 is 11.3 Å². The van der Waals surface area contributed by atoms with E-state index in [0.29, 0.717) is 18.1 Å². The molecule has 0 radical (unpaired) electrons. The fraction of sp³-hybridized carbons (Fsp3) is 0.200. The van der Waals surface area contributed by atoms with Crippen LogP contribution in [0.4, 0.5) is 0 Å². The first kappa shape index (κ1) is 17.2. The summed E-state index contributed by atoms with van der Waals surface area (Å²) in [7, 11) is 0. The third-order valence-electron chi connectivity index (χ3n) is 4.56. The second kappa shape index (κ2) is 6.82. The van der Waals surface area contributed by atoms with E-state index in [0.717, 1.165) is 33.0 Å². The summed E-state index contributed by atoms with van der Waals surface area (Å²) in [5.74, 6) is 1.01. The highest BCUT2D eigenvalue weighted by Gasteiger charge is 2.36. The quantitative estimate of drug-likeness (QED) is 0.713. The second-order valence-electron chi connectivity index (χ2n) is 6.17. The molecule has 4 rings (SSSR count). The van der Waals surface area contributed by atoms with E-state index in [9.17, 15) is 5.26 Å². The summed E-state index contributed by atoms with van der Waals surface area (Å²) in [6.07, 6.45) is 0. The van der Waals surface area contributed by atoms with Crippen molar-refractivity contribution < 1.29 is 9.47 Å². The van der Waals surface area contributed by atoms with Crippen molar-refractivity contribution in [1.29, 1.82) is 5.26 Å². The van der Waals surface area contributed by atoms with Gasteiger partial charge in [-0.05, 0) is 55.1 Å². The Labute approximate surface area is 160 Å². The number of H-pyrrole nitrogens is 1. The van der Waals surface area contributed by atoms with Crippen molar-refractivity contribution in [3.8, 4) is 29.0 Å². The number of fused-ring (bicyclic) bond motifs is 1. The maximum absolute atomic E-state index is 9.73. The van der Waals surface area contributed by atoms with E-state index in [1.165, 1.54) is 0 Å². The van der Waals surface area contributed by atoms with Gasteiger partial charge >= 0.3 is 0 Å². The van der Waals surface area contributed by atoms with Gasteiger partial charge in [-0.1, -0.05) is 0 Å². The molecule has 0 spiro atoms. The maximum Gasteiger partial charge on any atom is 0.244 e. The van der Waals surface area contributed by atoms with E-state index < -0.39 is 0 Å². The minimum Gasteiger partial charge on any atom is -0.494 e. The van der Waals surface area contributed by atoms with Crippen LogP contribution in [0.25, 0.3) is 11.3 Å². The molecule has 136 valence electrons. The molecule has 1 aromatic carbocycles. The van der Waals surface area contributed by atoms with Gasteiger partial charge in [0, 0.05) is 10.4 Å². The van der Waals surface area contributed by atoms with E-state index in [4.69, 9.17) is 15.2 Å². The first-order valence-corrected chi connectivity index (χ1v) is 9.45. The Morgan fingerprint density at radius 2 is 2.11 bits per heavy atom. The van der Waals surface area contributed by atoms with Gasteiger partial charge in [0.2, 0.25) is 11.8 Å². The molecular formula is C20H18N4O2S. The van der Waals surface area contributed by atoms with E-state index in [2.05, 4.69) is 16.3 Å². The number of nitrogens with one attached hydrogen (secondary N) is 1. The van der Waals surface area contributed by atoms with Gasteiger partial charge < -0.3 is 15.2 Å². The number of aromatic amines is 1. The minimum atomic E-state index is -0.306. The van der Waals surface area contributed by atoms with Crippen molar-refractivity contribution in [2.75, 3.05) is 6.61 Å². The zero-order chi connectivity index (χ0) is 19.0. The van der Waals surface area contributed by atoms with Crippen LogP contribution in [0.2, 0.25) is 0 Å².